The molecule has 1 heterocycles. The molecule has 0 aliphatic carbocycles. The summed E-state index contributed by atoms with van der Waals surface area (Å²) in [5, 5.41) is 4.56. The molecule has 2 unspecified atom stereocenters. The number of ether oxygens (including phenoxy) is 1. The molecule has 0 spiro atoms. The summed E-state index contributed by atoms with van der Waals surface area (Å²) in [6.45, 7) is 6.61. The van der Waals surface area contributed by atoms with Crippen molar-refractivity contribution in [3.05, 3.63) is 29.8 Å². The van der Waals surface area contributed by atoms with Gasteiger partial charge in [0.2, 0.25) is 0 Å². The van der Waals surface area contributed by atoms with Crippen LogP contribution in [0.25, 0.3) is 0 Å². The topological polar surface area (TPSA) is 33.6 Å². The number of aliphatic imine (C=N–C) groups is 1. The molecule has 1 aromatic carbocycles. The number of rotatable bonds is 4. The monoisotopic (exact) mass is 278 g/mol. The Kier molecular flexibility index (Phi) is 4.75. The summed E-state index contributed by atoms with van der Waals surface area (Å²) in [6, 6.07) is 8.90. The molecule has 1 aliphatic heterocycles. The maximum absolute atomic E-state index is 5.17. The lowest BCUT2D eigenvalue weighted by Gasteiger charge is -2.15. The van der Waals surface area contributed by atoms with Crippen molar-refractivity contribution in [2.75, 3.05) is 12.9 Å². The minimum atomic E-state index is 0.267. The minimum absolute atomic E-state index is 0.267. The highest BCUT2D eigenvalue weighted by atomic mass is 32.2. The van der Waals surface area contributed by atoms with Crippen LogP contribution in [0, 0.1) is 5.92 Å². The van der Waals surface area contributed by atoms with Crippen LogP contribution in [0.3, 0.4) is 0 Å². The fourth-order valence-corrected chi connectivity index (χ4v) is 3.23. The Balaban J connectivity index is 1.97. The van der Waals surface area contributed by atoms with E-state index in [-0.39, 0.29) is 6.04 Å². The molecule has 3 nitrogen and oxygen atoms in total. The van der Waals surface area contributed by atoms with Gasteiger partial charge in [0.05, 0.1) is 19.2 Å². The number of thioether (sulfide) groups is 1. The number of benzene rings is 1. The van der Waals surface area contributed by atoms with E-state index < -0.39 is 0 Å². The van der Waals surface area contributed by atoms with E-state index in [0.29, 0.717) is 12.0 Å². The second kappa shape index (κ2) is 6.33. The third kappa shape index (κ3) is 3.66. The molecule has 0 fully saturated rings. The predicted molar refractivity (Wildman–Crippen MR) is 83.1 cm³/mol. The molecule has 1 aliphatic rings. The van der Waals surface area contributed by atoms with Crippen LogP contribution in [0.15, 0.2) is 29.3 Å². The fourth-order valence-electron chi connectivity index (χ4n) is 1.97. The number of amidine groups is 1. The molecule has 1 aromatic rings. The Hall–Kier alpha value is -1.16. The van der Waals surface area contributed by atoms with Crippen molar-refractivity contribution in [1.29, 1.82) is 0 Å². The van der Waals surface area contributed by atoms with Gasteiger partial charge in [-0.25, -0.2) is 0 Å². The molecular formula is C15H22N2OS. The summed E-state index contributed by atoms with van der Waals surface area (Å²) in [5.41, 5.74) is 1.25. The molecule has 19 heavy (non-hydrogen) atoms. The van der Waals surface area contributed by atoms with Gasteiger partial charge in [-0.2, -0.15) is 0 Å². The summed E-state index contributed by atoms with van der Waals surface area (Å²) in [7, 11) is 1.69. The summed E-state index contributed by atoms with van der Waals surface area (Å²) in [4.78, 5) is 4.73. The normalized spacial score (nSPS) is 20.3. The van der Waals surface area contributed by atoms with Gasteiger partial charge < -0.3 is 10.1 Å². The van der Waals surface area contributed by atoms with Crippen LogP contribution in [-0.4, -0.2) is 24.1 Å². The van der Waals surface area contributed by atoms with Crippen LogP contribution >= 0.6 is 11.8 Å². The minimum Gasteiger partial charge on any atom is -0.497 e. The molecule has 2 atom stereocenters. The van der Waals surface area contributed by atoms with Gasteiger partial charge in [-0.1, -0.05) is 37.7 Å². The molecule has 2 rings (SSSR count). The molecular weight excluding hydrogens is 256 g/mol. The molecule has 0 bridgehead atoms. The van der Waals surface area contributed by atoms with E-state index in [1.807, 2.05) is 23.9 Å². The second-order valence-corrected chi connectivity index (χ2v) is 6.20. The van der Waals surface area contributed by atoms with Gasteiger partial charge in [0.1, 0.15) is 5.75 Å². The first-order chi connectivity index (χ1) is 9.10. The van der Waals surface area contributed by atoms with Gasteiger partial charge in [0, 0.05) is 5.75 Å². The molecule has 0 saturated heterocycles. The average molecular weight is 278 g/mol. The van der Waals surface area contributed by atoms with Gasteiger partial charge in [0.25, 0.3) is 0 Å². The lowest BCUT2D eigenvalue weighted by atomic mass is 10.1. The third-order valence-corrected chi connectivity index (χ3v) is 4.40. The van der Waals surface area contributed by atoms with Crippen molar-refractivity contribution in [1.82, 2.24) is 5.32 Å². The lowest BCUT2D eigenvalue weighted by molar-refractivity contribution is 0.414. The first kappa shape index (κ1) is 14.3. The lowest BCUT2D eigenvalue weighted by Crippen LogP contribution is -2.23. The molecule has 0 amide bonds. The quantitative estimate of drug-likeness (QED) is 0.915. The number of hydrogen-bond acceptors (Lipinski definition) is 4. The van der Waals surface area contributed by atoms with Gasteiger partial charge in [-0.15, -0.1) is 0 Å². The molecule has 104 valence electrons. The van der Waals surface area contributed by atoms with Gasteiger partial charge in [0.15, 0.2) is 5.17 Å². The van der Waals surface area contributed by atoms with E-state index in [4.69, 9.17) is 9.73 Å². The highest BCUT2D eigenvalue weighted by Crippen LogP contribution is 2.24. The first-order valence-electron chi connectivity index (χ1n) is 6.71. The van der Waals surface area contributed by atoms with E-state index in [9.17, 15) is 0 Å². The van der Waals surface area contributed by atoms with Crippen LogP contribution in [0.5, 0.6) is 5.75 Å². The number of nitrogens with one attached hydrogen (secondary N) is 1. The summed E-state index contributed by atoms with van der Waals surface area (Å²) in [6.07, 6.45) is 0. The molecule has 0 saturated carbocycles. The average Bonchev–Trinajstić information content (AvgIpc) is 2.87. The molecule has 4 heteroatoms. The van der Waals surface area contributed by atoms with E-state index in [0.717, 1.165) is 16.7 Å². The van der Waals surface area contributed by atoms with Crippen LogP contribution in [0.1, 0.15) is 32.4 Å². The molecule has 1 N–H and O–H groups in total. The smallest absolute Gasteiger partial charge is 0.157 e. The summed E-state index contributed by atoms with van der Waals surface area (Å²) >= 11 is 1.82. The zero-order chi connectivity index (χ0) is 13.8. The Bertz CT molecular complexity index is 442. The standard InChI is InChI=1S/C15H22N2OS/c1-10(2)14-9-19-15(17-14)16-11(3)12-5-7-13(18-4)8-6-12/h5-8,10-11,14H,9H2,1-4H3,(H,16,17). The summed E-state index contributed by atoms with van der Waals surface area (Å²) < 4.78 is 5.17. The van der Waals surface area contributed by atoms with E-state index in [1.165, 1.54) is 5.56 Å². The summed E-state index contributed by atoms with van der Waals surface area (Å²) in [5.74, 6) is 2.60. The molecule has 0 radical (unpaired) electrons. The number of methoxy groups -OCH3 is 1. The van der Waals surface area contributed by atoms with Crippen LogP contribution in [0.2, 0.25) is 0 Å². The number of nitrogens with zero attached hydrogens (tertiary/aromatic N) is 1. The van der Waals surface area contributed by atoms with Crippen LogP contribution in [-0.2, 0) is 0 Å². The Morgan fingerprint density at radius 1 is 1.26 bits per heavy atom. The van der Waals surface area contributed by atoms with Crippen LogP contribution in [0.4, 0.5) is 0 Å². The van der Waals surface area contributed by atoms with Crippen molar-refractivity contribution < 1.29 is 4.74 Å². The Labute approximate surface area is 119 Å². The van der Waals surface area contributed by atoms with E-state index >= 15 is 0 Å². The SMILES string of the molecule is COc1ccc(C(C)NC2=NC(C(C)C)CS2)cc1. The van der Waals surface area contributed by atoms with Crippen molar-refractivity contribution in [3.8, 4) is 5.75 Å². The number of hydrogen-bond donors (Lipinski definition) is 1. The second-order valence-electron chi connectivity index (χ2n) is 5.20. The van der Waals surface area contributed by atoms with Crippen molar-refractivity contribution in [2.45, 2.75) is 32.9 Å². The fraction of sp³-hybridized carbons (Fsp3) is 0.533. The maximum Gasteiger partial charge on any atom is 0.157 e. The van der Waals surface area contributed by atoms with Crippen LogP contribution < -0.4 is 10.1 Å². The predicted octanol–water partition coefficient (Wildman–Crippen LogP) is 3.47. The Morgan fingerprint density at radius 3 is 2.47 bits per heavy atom. The Morgan fingerprint density at radius 2 is 1.95 bits per heavy atom. The maximum atomic E-state index is 5.17. The highest BCUT2D eigenvalue weighted by molar-refractivity contribution is 8.14. The van der Waals surface area contributed by atoms with Gasteiger partial charge in [-0.05, 0) is 30.5 Å². The van der Waals surface area contributed by atoms with E-state index in [1.54, 1.807) is 7.11 Å². The molecule has 0 aromatic heterocycles. The van der Waals surface area contributed by atoms with E-state index in [2.05, 4.69) is 38.2 Å². The van der Waals surface area contributed by atoms with Crippen molar-refractivity contribution in [3.63, 3.8) is 0 Å². The van der Waals surface area contributed by atoms with Gasteiger partial charge in [-0.3, -0.25) is 4.99 Å². The van der Waals surface area contributed by atoms with Gasteiger partial charge >= 0.3 is 0 Å². The highest BCUT2D eigenvalue weighted by Gasteiger charge is 2.22. The van der Waals surface area contributed by atoms with Crippen molar-refractivity contribution in [2.24, 2.45) is 10.9 Å². The van der Waals surface area contributed by atoms with Crippen molar-refractivity contribution >= 4 is 16.9 Å². The third-order valence-electron chi connectivity index (χ3n) is 3.40. The zero-order valence-corrected chi connectivity index (χ0v) is 12.8. The largest absolute Gasteiger partial charge is 0.497 e. The first-order valence-corrected chi connectivity index (χ1v) is 7.69. The zero-order valence-electron chi connectivity index (χ0n) is 12.0.